The number of aryl methyl sites for hydroxylation is 1. The molecule has 4 atom stereocenters. The summed E-state index contributed by atoms with van der Waals surface area (Å²) in [6.45, 7) is 5.15. The van der Waals surface area contributed by atoms with Gasteiger partial charge in [0.15, 0.2) is 10.9 Å². The van der Waals surface area contributed by atoms with E-state index in [0.717, 1.165) is 62.2 Å². The highest BCUT2D eigenvalue weighted by Crippen LogP contribution is 2.44. The Hall–Kier alpha value is -3.22. The molecule has 8 nitrogen and oxygen atoms in total. The highest BCUT2D eigenvalue weighted by Gasteiger charge is 2.49. The van der Waals surface area contributed by atoms with E-state index >= 15 is 4.39 Å². The van der Waals surface area contributed by atoms with Gasteiger partial charge >= 0.3 is 6.01 Å². The molecule has 4 aromatic rings. The Morgan fingerprint density at radius 2 is 1.95 bits per heavy atom. The van der Waals surface area contributed by atoms with Crippen LogP contribution in [0.4, 0.5) is 24.1 Å². The van der Waals surface area contributed by atoms with E-state index in [1.807, 2.05) is 13.0 Å². The lowest BCUT2D eigenvalue weighted by atomic mass is 9.94. The fourth-order valence-electron chi connectivity index (χ4n) is 8.04. The van der Waals surface area contributed by atoms with Crippen LogP contribution in [-0.4, -0.2) is 76.4 Å². The molecule has 8 rings (SSSR count). The lowest BCUT2D eigenvalue weighted by Gasteiger charge is -2.37. The van der Waals surface area contributed by atoms with E-state index in [2.05, 4.69) is 25.1 Å². The fraction of sp³-hybridized carbons (Fsp3) is 0.516. The lowest BCUT2D eigenvalue weighted by molar-refractivity contribution is 0.107. The summed E-state index contributed by atoms with van der Waals surface area (Å²) in [5.41, 5.74) is 7.64. The average molecular weight is 610 g/mol. The molecule has 4 fully saturated rings. The van der Waals surface area contributed by atoms with Crippen molar-refractivity contribution in [2.24, 2.45) is 0 Å². The van der Waals surface area contributed by atoms with Crippen LogP contribution in [0.5, 0.6) is 6.01 Å². The molecule has 0 saturated carbocycles. The molecule has 2 bridgehead atoms. The van der Waals surface area contributed by atoms with Crippen LogP contribution in [0.15, 0.2) is 18.2 Å². The van der Waals surface area contributed by atoms with Crippen molar-refractivity contribution in [2.45, 2.75) is 69.2 Å². The van der Waals surface area contributed by atoms with Gasteiger partial charge in [0.2, 0.25) is 0 Å². The molecule has 4 aliphatic heterocycles. The zero-order chi connectivity index (χ0) is 29.5. The summed E-state index contributed by atoms with van der Waals surface area (Å²) in [7, 11) is 0. The number of hydrogen-bond acceptors (Lipinski definition) is 9. The number of anilines is 2. The van der Waals surface area contributed by atoms with Gasteiger partial charge < -0.3 is 20.7 Å². The van der Waals surface area contributed by atoms with Gasteiger partial charge in [0, 0.05) is 54.7 Å². The summed E-state index contributed by atoms with van der Waals surface area (Å²) < 4.78 is 52.8. The molecule has 0 amide bonds. The maximum absolute atomic E-state index is 17.0. The van der Waals surface area contributed by atoms with Crippen molar-refractivity contribution in [2.75, 3.05) is 43.4 Å². The molecule has 6 heterocycles. The Kier molecular flexibility index (Phi) is 6.46. The number of alkyl halides is 1. The average Bonchev–Trinajstić information content (AvgIpc) is 3.72. The first-order chi connectivity index (χ1) is 20.8. The van der Waals surface area contributed by atoms with Crippen LogP contribution in [0.3, 0.4) is 0 Å². The number of benzene rings is 2. The Morgan fingerprint density at radius 1 is 1.14 bits per heavy atom. The summed E-state index contributed by atoms with van der Waals surface area (Å²) >= 11 is 1.05. The number of fused-ring (bicyclic) bond motifs is 5. The number of nitrogens with one attached hydrogen (secondary N) is 1. The Labute approximate surface area is 251 Å². The molecule has 3 N–H and O–H groups in total. The van der Waals surface area contributed by atoms with Crippen molar-refractivity contribution in [3.05, 3.63) is 35.4 Å². The van der Waals surface area contributed by atoms with Crippen LogP contribution in [0, 0.1) is 11.6 Å². The van der Waals surface area contributed by atoms with Crippen molar-refractivity contribution in [3.63, 3.8) is 0 Å². The summed E-state index contributed by atoms with van der Waals surface area (Å²) in [5, 5.41) is 4.36. The molecule has 2 aromatic heterocycles. The zero-order valence-corrected chi connectivity index (χ0v) is 24.8. The predicted molar refractivity (Wildman–Crippen MR) is 163 cm³/mol. The van der Waals surface area contributed by atoms with Gasteiger partial charge in [-0.1, -0.05) is 18.3 Å². The van der Waals surface area contributed by atoms with E-state index < -0.39 is 17.8 Å². The molecule has 0 unspecified atom stereocenters. The number of hydrogen-bond donors (Lipinski definition) is 2. The smallest absolute Gasteiger partial charge is 0.319 e. The number of nitrogens with two attached hydrogens (primary N) is 1. The van der Waals surface area contributed by atoms with Crippen molar-refractivity contribution >= 4 is 43.4 Å². The Bertz CT molecular complexity index is 1730. The second kappa shape index (κ2) is 10.2. The van der Waals surface area contributed by atoms with E-state index in [1.54, 1.807) is 6.07 Å². The monoisotopic (exact) mass is 609 g/mol. The van der Waals surface area contributed by atoms with Crippen molar-refractivity contribution in [3.8, 4) is 17.1 Å². The summed E-state index contributed by atoms with van der Waals surface area (Å²) in [6.07, 6.45) is 3.97. The van der Waals surface area contributed by atoms with Crippen LogP contribution >= 0.6 is 11.3 Å². The van der Waals surface area contributed by atoms with Gasteiger partial charge in [-0.2, -0.15) is 9.97 Å². The third kappa shape index (κ3) is 4.27. The van der Waals surface area contributed by atoms with Crippen molar-refractivity contribution in [1.29, 1.82) is 0 Å². The molecule has 0 radical (unpaired) electrons. The number of aromatic nitrogens is 3. The van der Waals surface area contributed by atoms with Gasteiger partial charge in [-0.05, 0) is 62.4 Å². The van der Waals surface area contributed by atoms with Gasteiger partial charge in [-0.25, -0.2) is 18.2 Å². The predicted octanol–water partition coefficient (Wildman–Crippen LogP) is 5.23. The summed E-state index contributed by atoms with van der Waals surface area (Å²) in [6, 6.07) is 5.44. The number of ether oxygens (including phenoxy) is 1. The van der Waals surface area contributed by atoms with E-state index in [4.69, 9.17) is 15.5 Å². The van der Waals surface area contributed by atoms with E-state index in [-0.39, 0.29) is 40.9 Å². The standard InChI is InChI=1S/C31H34F3N7OS/c1-2-16-10-21-25(24(34)23(16)20-6-7-22(33)27-26(20)37-29(35)43-27)38-30(39-28(21)41-18-4-5-19(41)13-36-12-18)42-15-31-8-3-9-40(31)14-17(32)11-31/h6-7,10,17-19,36H,2-5,8-9,11-15H2,1H3,(H2,35,37)/t17-,18-,19+,31+/m1/s1. The largest absolute Gasteiger partial charge is 0.461 e. The number of piperazine rings is 1. The van der Waals surface area contributed by atoms with E-state index in [9.17, 15) is 8.78 Å². The first-order valence-corrected chi connectivity index (χ1v) is 16.1. The molecule has 4 saturated heterocycles. The molecule has 226 valence electrons. The van der Waals surface area contributed by atoms with Crippen molar-refractivity contribution < 1.29 is 17.9 Å². The molecule has 43 heavy (non-hydrogen) atoms. The first-order valence-electron chi connectivity index (χ1n) is 15.2. The lowest BCUT2D eigenvalue weighted by Crippen LogP contribution is -2.52. The number of rotatable bonds is 6. The summed E-state index contributed by atoms with van der Waals surface area (Å²) in [4.78, 5) is 18.5. The Morgan fingerprint density at radius 3 is 2.74 bits per heavy atom. The molecule has 0 spiro atoms. The SMILES string of the molecule is CCc1cc2c(N3[C@@H]4CC[C@H]3CNC4)nc(OC[C@@]34CCCN3C[C@H](F)C4)nc2c(F)c1-c1ccc(F)c2sc(N)nc12. The zero-order valence-electron chi connectivity index (χ0n) is 24.0. The Balaban J connectivity index is 1.30. The van der Waals surface area contributed by atoms with Gasteiger partial charge in [-0.15, -0.1) is 0 Å². The maximum atomic E-state index is 17.0. The topological polar surface area (TPSA) is 92.4 Å². The number of thiazole rings is 1. The second-order valence-corrected chi connectivity index (χ2v) is 13.5. The molecular formula is C31H34F3N7OS. The summed E-state index contributed by atoms with van der Waals surface area (Å²) in [5.74, 6) is -0.286. The van der Waals surface area contributed by atoms with E-state index in [1.165, 1.54) is 6.07 Å². The van der Waals surface area contributed by atoms with Gasteiger partial charge in [-0.3, -0.25) is 4.90 Å². The van der Waals surface area contributed by atoms with Gasteiger partial charge in [0.05, 0.1) is 15.8 Å². The van der Waals surface area contributed by atoms with Crippen LogP contribution in [-0.2, 0) is 6.42 Å². The van der Waals surface area contributed by atoms with Crippen molar-refractivity contribution in [1.82, 2.24) is 25.2 Å². The van der Waals surface area contributed by atoms with Crippen LogP contribution in [0.25, 0.3) is 32.2 Å². The highest BCUT2D eigenvalue weighted by atomic mass is 32.1. The van der Waals surface area contributed by atoms with Crippen LogP contribution < -0.4 is 20.7 Å². The van der Waals surface area contributed by atoms with Gasteiger partial charge in [0.1, 0.15) is 29.9 Å². The third-order valence-corrected chi connectivity index (χ3v) is 10.9. The molecule has 0 aliphatic carbocycles. The fourth-order valence-corrected chi connectivity index (χ4v) is 8.80. The minimum absolute atomic E-state index is 0.0974. The minimum Gasteiger partial charge on any atom is -0.461 e. The minimum atomic E-state index is -0.881. The van der Waals surface area contributed by atoms with Gasteiger partial charge in [0.25, 0.3) is 0 Å². The number of halogens is 3. The maximum Gasteiger partial charge on any atom is 0.319 e. The quantitative estimate of drug-likeness (QED) is 0.307. The third-order valence-electron chi connectivity index (χ3n) is 9.99. The molecule has 2 aromatic carbocycles. The molecule has 4 aliphatic rings. The normalized spacial score (nSPS) is 27.1. The number of nitrogen functional groups attached to an aromatic ring is 1. The van der Waals surface area contributed by atoms with Crippen LogP contribution in [0.1, 0.15) is 44.6 Å². The highest BCUT2D eigenvalue weighted by molar-refractivity contribution is 7.22. The number of nitrogens with zero attached hydrogens (tertiary/aromatic N) is 5. The van der Waals surface area contributed by atoms with E-state index in [0.29, 0.717) is 51.9 Å². The van der Waals surface area contributed by atoms with Crippen LogP contribution in [0.2, 0.25) is 0 Å². The first kappa shape index (κ1) is 27.3. The second-order valence-electron chi connectivity index (χ2n) is 12.4. The molecule has 12 heteroatoms. The molecular weight excluding hydrogens is 575 g/mol.